The Bertz CT molecular complexity index is 480. The molecule has 0 saturated carbocycles. The molecule has 4 nitrogen and oxygen atoms in total. The van der Waals surface area contributed by atoms with E-state index in [0.29, 0.717) is 11.6 Å². The van der Waals surface area contributed by atoms with Crippen molar-refractivity contribution >= 4 is 27.5 Å². The van der Waals surface area contributed by atoms with Gasteiger partial charge in [0.25, 0.3) is 5.56 Å². The summed E-state index contributed by atoms with van der Waals surface area (Å²) in [6.07, 6.45) is 1.70. The molecule has 0 aliphatic heterocycles. The van der Waals surface area contributed by atoms with Crippen molar-refractivity contribution in [3.8, 4) is 0 Å². The van der Waals surface area contributed by atoms with E-state index in [9.17, 15) is 9.59 Å². The summed E-state index contributed by atoms with van der Waals surface area (Å²) < 4.78 is 0. The van der Waals surface area contributed by atoms with Gasteiger partial charge in [0, 0.05) is 17.9 Å². The second kappa shape index (κ2) is 5.49. The van der Waals surface area contributed by atoms with E-state index in [1.165, 1.54) is 6.92 Å². The fraction of sp³-hybridized carbons (Fsp3) is 0.500. The lowest BCUT2D eigenvalue weighted by molar-refractivity contribution is -0.114. The Morgan fingerprint density at radius 2 is 2.06 bits per heavy atom. The van der Waals surface area contributed by atoms with Gasteiger partial charge in [-0.25, -0.2) is 0 Å². The molecule has 1 atom stereocenters. The Labute approximate surface area is 109 Å². The largest absolute Gasteiger partial charge is 0.327 e. The van der Waals surface area contributed by atoms with Crippen LogP contribution in [-0.4, -0.2) is 10.9 Å². The first-order valence-corrected chi connectivity index (χ1v) is 6.40. The van der Waals surface area contributed by atoms with Crippen molar-refractivity contribution in [3.05, 3.63) is 27.7 Å². The fourth-order valence-electron chi connectivity index (χ4n) is 1.61. The van der Waals surface area contributed by atoms with Gasteiger partial charge in [-0.15, -0.1) is 0 Å². The van der Waals surface area contributed by atoms with Crippen molar-refractivity contribution < 1.29 is 4.79 Å². The maximum atomic E-state index is 11.6. The SMILES string of the molecule is CC(=O)Nc1c(C)c(C(Br)C(C)C)c[nH]c1=O. The molecular weight excluding hydrogens is 284 g/mol. The zero-order valence-corrected chi connectivity index (χ0v) is 12.0. The van der Waals surface area contributed by atoms with Gasteiger partial charge in [0.15, 0.2) is 0 Å². The van der Waals surface area contributed by atoms with E-state index in [1.54, 1.807) is 6.20 Å². The number of aromatic amines is 1. The van der Waals surface area contributed by atoms with Crippen LogP contribution in [0.25, 0.3) is 0 Å². The molecule has 0 aliphatic rings. The number of hydrogen-bond acceptors (Lipinski definition) is 2. The molecule has 1 amide bonds. The van der Waals surface area contributed by atoms with Gasteiger partial charge in [-0.05, 0) is 24.0 Å². The molecule has 5 heteroatoms. The number of carbonyl (C=O) groups excluding carboxylic acids is 1. The third-order valence-corrected chi connectivity index (χ3v) is 4.13. The second-order valence-electron chi connectivity index (χ2n) is 4.40. The molecular formula is C12H17BrN2O2. The number of nitrogens with one attached hydrogen (secondary N) is 2. The Morgan fingerprint density at radius 1 is 1.47 bits per heavy atom. The Hall–Kier alpha value is -1.10. The summed E-state index contributed by atoms with van der Waals surface area (Å²) in [5, 5.41) is 2.57. The first-order valence-electron chi connectivity index (χ1n) is 5.48. The van der Waals surface area contributed by atoms with Crippen molar-refractivity contribution in [1.29, 1.82) is 0 Å². The molecule has 0 saturated heterocycles. The van der Waals surface area contributed by atoms with Gasteiger partial charge in [0.1, 0.15) is 5.69 Å². The molecule has 0 aromatic carbocycles. The zero-order chi connectivity index (χ0) is 13.2. The minimum absolute atomic E-state index is 0.145. The standard InChI is InChI=1S/C12H17BrN2O2/c1-6(2)10(13)9-5-14-12(17)11(7(9)3)15-8(4)16/h5-6,10H,1-4H3,(H,14,17)(H,15,16). The summed E-state index contributed by atoms with van der Waals surface area (Å²) in [5.41, 5.74) is 1.85. The lowest BCUT2D eigenvalue weighted by Crippen LogP contribution is -2.20. The summed E-state index contributed by atoms with van der Waals surface area (Å²) in [5.74, 6) is 0.149. The molecule has 2 N–H and O–H groups in total. The molecule has 1 rings (SSSR count). The molecule has 0 bridgehead atoms. The zero-order valence-electron chi connectivity index (χ0n) is 10.4. The lowest BCUT2D eigenvalue weighted by atomic mass is 9.99. The highest BCUT2D eigenvalue weighted by Crippen LogP contribution is 2.33. The van der Waals surface area contributed by atoms with E-state index in [1.807, 2.05) is 6.92 Å². The molecule has 0 radical (unpaired) electrons. The number of alkyl halides is 1. The van der Waals surface area contributed by atoms with Crippen molar-refractivity contribution in [3.63, 3.8) is 0 Å². The fourth-order valence-corrected chi connectivity index (χ4v) is 2.09. The number of hydrogen-bond donors (Lipinski definition) is 2. The summed E-state index contributed by atoms with van der Waals surface area (Å²) in [7, 11) is 0. The Balaban J connectivity index is 3.28. The molecule has 17 heavy (non-hydrogen) atoms. The van der Waals surface area contributed by atoms with Crippen LogP contribution in [0.3, 0.4) is 0 Å². The number of aromatic nitrogens is 1. The highest BCUT2D eigenvalue weighted by molar-refractivity contribution is 9.09. The van der Waals surface area contributed by atoms with Crippen LogP contribution in [0.1, 0.15) is 36.7 Å². The predicted molar refractivity (Wildman–Crippen MR) is 72.6 cm³/mol. The van der Waals surface area contributed by atoms with E-state index >= 15 is 0 Å². The van der Waals surface area contributed by atoms with Crippen LogP contribution in [0, 0.1) is 12.8 Å². The lowest BCUT2D eigenvalue weighted by Gasteiger charge is -2.18. The Morgan fingerprint density at radius 3 is 2.53 bits per heavy atom. The number of anilines is 1. The number of rotatable bonds is 3. The van der Waals surface area contributed by atoms with Gasteiger partial charge < -0.3 is 10.3 Å². The third kappa shape index (κ3) is 3.19. The highest BCUT2D eigenvalue weighted by atomic mass is 79.9. The van der Waals surface area contributed by atoms with Crippen LogP contribution in [0.15, 0.2) is 11.0 Å². The van der Waals surface area contributed by atoms with Crippen LogP contribution in [0.4, 0.5) is 5.69 Å². The van der Waals surface area contributed by atoms with Crippen molar-refractivity contribution in [1.82, 2.24) is 4.98 Å². The highest BCUT2D eigenvalue weighted by Gasteiger charge is 2.18. The minimum atomic E-state index is -0.273. The molecule has 0 aliphatic carbocycles. The number of halogens is 1. The number of pyridine rings is 1. The van der Waals surface area contributed by atoms with E-state index in [2.05, 4.69) is 40.1 Å². The summed E-state index contributed by atoms with van der Waals surface area (Å²) in [6, 6.07) is 0. The molecule has 1 aromatic heterocycles. The molecule has 94 valence electrons. The summed E-state index contributed by atoms with van der Waals surface area (Å²) >= 11 is 3.59. The van der Waals surface area contributed by atoms with Crippen molar-refractivity contribution in [2.24, 2.45) is 5.92 Å². The maximum absolute atomic E-state index is 11.6. The molecule has 1 unspecified atom stereocenters. The topological polar surface area (TPSA) is 62.0 Å². The quantitative estimate of drug-likeness (QED) is 0.843. The van der Waals surface area contributed by atoms with Gasteiger partial charge >= 0.3 is 0 Å². The number of H-pyrrole nitrogens is 1. The van der Waals surface area contributed by atoms with Gasteiger partial charge in [-0.3, -0.25) is 9.59 Å². The average molecular weight is 301 g/mol. The smallest absolute Gasteiger partial charge is 0.271 e. The van der Waals surface area contributed by atoms with Crippen LogP contribution >= 0.6 is 15.9 Å². The van der Waals surface area contributed by atoms with Gasteiger partial charge in [-0.2, -0.15) is 0 Å². The first kappa shape index (κ1) is 14.0. The van der Waals surface area contributed by atoms with Crippen LogP contribution in [0.2, 0.25) is 0 Å². The molecule has 1 aromatic rings. The van der Waals surface area contributed by atoms with Gasteiger partial charge in [0.05, 0.1) is 0 Å². The van der Waals surface area contributed by atoms with E-state index in [4.69, 9.17) is 0 Å². The minimum Gasteiger partial charge on any atom is -0.327 e. The van der Waals surface area contributed by atoms with E-state index in [0.717, 1.165) is 11.1 Å². The van der Waals surface area contributed by atoms with Crippen molar-refractivity contribution in [2.45, 2.75) is 32.5 Å². The summed E-state index contributed by atoms with van der Waals surface area (Å²) in [4.78, 5) is 25.5. The molecule has 0 fully saturated rings. The van der Waals surface area contributed by atoms with Crippen LogP contribution in [-0.2, 0) is 4.79 Å². The van der Waals surface area contributed by atoms with E-state index < -0.39 is 0 Å². The molecule has 0 spiro atoms. The number of amides is 1. The monoisotopic (exact) mass is 300 g/mol. The maximum Gasteiger partial charge on any atom is 0.271 e. The Kier molecular flexibility index (Phi) is 4.51. The van der Waals surface area contributed by atoms with Crippen LogP contribution in [0.5, 0.6) is 0 Å². The van der Waals surface area contributed by atoms with Gasteiger partial charge in [0.2, 0.25) is 5.91 Å². The summed E-state index contributed by atoms with van der Waals surface area (Å²) in [6.45, 7) is 7.40. The third-order valence-electron chi connectivity index (χ3n) is 2.58. The van der Waals surface area contributed by atoms with Crippen molar-refractivity contribution in [2.75, 3.05) is 5.32 Å². The van der Waals surface area contributed by atoms with E-state index in [-0.39, 0.29) is 16.3 Å². The molecule has 1 heterocycles. The first-order chi connectivity index (χ1) is 7.84. The number of carbonyl (C=O) groups is 1. The normalized spacial score (nSPS) is 12.6. The second-order valence-corrected chi connectivity index (χ2v) is 5.39. The average Bonchev–Trinajstić information content (AvgIpc) is 2.23. The predicted octanol–water partition coefficient (Wildman–Crippen LogP) is 2.73. The van der Waals surface area contributed by atoms with Crippen LogP contribution < -0.4 is 10.9 Å². The van der Waals surface area contributed by atoms with Gasteiger partial charge in [-0.1, -0.05) is 29.8 Å².